The smallest absolute Gasteiger partial charge is 0.302 e. The fourth-order valence-electron chi connectivity index (χ4n) is 2.62. The molecule has 3 aliphatic rings. The van der Waals surface area contributed by atoms with Crippen LogP contribution in [-0.2, 0) is 22.5 Å². The maximum atomic E-state index is 11.4. The van der Waals surface area contributed by atoms with Gasteiger partial charge in [-0.3, -0.25) is 0 Å². The molecular formula is C7H14N2O7P2. The van der Waals surface area contributed by atoms with Crippen LogP contribution in [0.2, 0.25) is 0 Å². The van der Waals surface area contributed by atoms with Gasteiger partial charge in [0.05, 0.1) is 0 Å². The minimum atomic E-state index is -4.64. The molecule has 3 rings (SSSR count). The number of phosphoric acid groups is 2. The Morgan fingerprint density at radius 1 is 1.00 bits per heavy atom. The van der Waals surface area contributed by atoms with Gasteiger partial charge in [0.25, 0.3) is 0 Å². The van der Waals surface area contributed by atoms with E-state index in [2.05, 4.69) is 14.9 Å². The molecule has 104 valence electrons. The zero-order chi connectivity index (χ0) is 13.0. The first-order valence-corrected chi connectivity index (χ1v) is 8.62. The predicted molar refractivity (Wildman–Crippen MR) is 58.0 cm³/mol. The highest BCUT2D eigenvalue weighted by Crippen LogP contribution is 2.68. The van der Waals surface area contributed by atoms with E-state index in [0.29, 0.717) is 0 Å². The summed E-state index contributed by atoms with van der Waals surface area (Å²) in [5.74, 6) is 0. The number of fused-ring (bicyclic) bond motifs is 1. The molecular weight excluding hydrogens is 286 g/mol. The van der Waals surface area contributed by atoms with Crippen molar-refractivity contribution >= 4 is 15.6 Å². The molecule has 0 aromatic rings. The van der Waals surface area contributed by atoms with Crippen LogP contribution in [0.4, 0.5) is 0 Å². The van der Waals surface area contributed by atoms with Crippen LogP contribution >= 0.6 is 15.6 Å². The summed E-state index contributed by atoms with van der Waals surface area (Å²) in [7, 11) is -9.28. The molecule has 0 radical (unpaired) electrons. The van der Waals surface area contributed by atoms with E-state index in [-0.39, 0.29) is 12.1 Å². The summed E-state index contributed by atoms with van der Waals surface area (Å²) in [6, 6.07) is -1.99. The zero-order valence-corrected chi connectivity index (χ0v) is 11.1. The summed E-state index contributed by atoms with van der Waals surface area (Å²) in [6.07, 6.45) is 3.68. The molecule has 11 heteroatoms. The Bertz CT molecular complexity index is 417. The molecule has 3 fully saturated rings. The van der Waals surface area contributed by atoms with Crippen LogP contribution in [0.5, 0.6) is 0 Å². The van der Waals surface area contributed by atoms with Crippen LogP contribution in [0, 0.1) is 0 Å². The molecule has 1 saturated carbocycles. The maximum Gasteiger partial charge on any atom is 0.485 e. The van der Waals surface area contributed by atoms with E-state index in [1.54, 1.807) is 0 Å². The summed E-state index contributed by atoms with van der Waals surface area (Å²) in [5.41, 5.74) is 0. The van der Waals surface area contributed by atoms with Gasteiger partial charge in [0.15, 0.2) is 0 Å². The minimum Gasteiger partial charge on any atom is -0.302 e. The first kappa shape index (κ1) is 13.2. The quantitative estimate of drug-likeness (QED) is 0.469. The highest BCUT2D eigenvalue weighted by Gasteiger charge is 2.60. The van der Waals surface area contributed by atoms with Crippen LogP contribution in [0.3, 0.4) is 0 Å². The Hall–Kier alpha value is 0.180. The van der Waals surface area contributed by atoms with E-state index in [1.165, 1.54) is 0 Å². The second kappa shape index (κ2) is 4.09. The fraction of sp³-hybridized carbons (Fsp3) is 1.00. The van der Waals surface area contributed by atoms with Crippen molar-refractivity contribution in [3.8, 4) is 0 Å². The van der Waals surface area contributed by atoms with Crippen LogP contribution in [0.25, 0.3) is 0 Å². The van der Waals surface area contributed by atoms with Crippen molar-refractivity contribution in [2.45, 2.75) is 43.8 Å². The Balaban J connectivity index is 1.87. The van der Waals surface area contributed by atoms with Crippen molar-refractivity contribution in [3.05, 3.63) is 0 Å². The summed E-state index contributed by atoms with van der Waals surface area (Å²) in [5, 5.41) is 5.64. The van der Waals surface area contributed by atoms with Crippen LogP contribution < -0.4 is 10.6 Å². The summed E-state index contributed by atoms with van der Waals surface area (Å²) in [6.45, 7) is 0. The van der Waals surface area contributed by atoms with Crippen molar-refractivity contribution in [2.75, 3.05) is 0 Å². The van der Waals surface area contributed by atoms with Gasteiger partial charge in [-0.25, -0.2) is 28.8 Å². The van der Waals surface area contributed by atoms with Crippen molar-refractivity contribution in [1.29, 1.82) is 0 Å². The fourth-order valence-corrected chi connectivity index (χ4v) is 4.92. The van der Waals surface area contributed by atoms with Crippen LogP contribution in [-0.4, -0.2) is 27.9 Å². The molecule has 0 aromatic carbocycles. The van der Waals surface area contributed by atoms with Gasteiger partial charge in [-0.1, -0.05) is 12.8 Å². The second-order valence-corrected chi connectivity index (χ2v) is 7.50. The van der Waals surface area contributed by atoms with E-state index in [0.717, 1.165) is 25.7 Å². The van der Waals surface area contributed by atoms with E-state index < -0.39 is 21.7 Å². The third-order valence-electron chi connectivity index (χ3n) is 3.21. The Labute approximate surface area is 103 Å². The molecule has 4 N–H and O–H groups in total. The van der Waals surface area contributed by atoms with E-state index in [4.69, 9.17) is 9.05 Å². The normalized spacial score (nSPS) is 56.6. The summed E-state index contributed by atoms with van der Waals surface area (Å²) in [4.78, 5) is 18.6. The molecule has 1 aliphatic carbocycles. The van der Waals surface area contributed by atoms with Gasteiger partial charge in [-0.05, 0) is 12.8 Å². The SMILES string of the molecule is O=P1(O)OC2(N[C@H]3CCCC[C@@H]3N2)OP(=O)(O)O1. The first-order valence-electron chi connectivity index (χ1n) is 5.63. The third-order valence-corrected chi connectivity index (χ3v) is 5.84. The van der Waals surface area contributed by atoms with Gasteiger partial charge in [0.1, 0.15) is 0 Å². The average molecular weight is 300 g/mol. The molecule has 0 bridgehead atoms. The molecule has 2 heterocycles. The molecule has 1 spiro atoms. The van der Waals surface area contributed by atoms with Gasteiger partial charge < -0.3 is 9.79 Å². The Morgan fingerprint density at radius 2 is 1.44 bits per heavy atom. The van der Waals surface area contributed by atoms with E-state index in [1.807, 2.05) is 0 Å². The van der Waals surface area contributed by atoms with Gasteiger partial charge in [0.2, 0.25) is 0 Å². The summed E-state index contributed by atoms with van der Waals surface area (Å²) >= 11 is 0. The Morgan fingerprint density at radius 3 is 1.89 bits per heavy atom. The third kappa shape index (κ3) is 2.43. The number of phosphoric ester groups is 2. The van der Waals surface area contributed by atoms with E-state index >= 15 is 0 Å². The van der Waals surface area contributed by atoms with Crippen molar-refractivity contribution < 1.29 is 32.3 Å². The average Bonchev–Trinajstić information content (AvgIpc) is 2.48. The van der Waals surface area contributed by atoms with Crippen LogP contribution in [0.15, 0.2) is 0 Å². The molecule has 0 amide bonds. The van der Waals surface area contributed by atoms with Gasteiger partial charge in [0, 0.05) is 12.1 Å². The highest BCUT2D eigenvalue weighted by molar-refractivity contribution is 7.61. The van der Waals surface area contributed by atoms with Crippen molar-refractivity contribution in [1.82, 2.24) is 10.6 Å². The van der Waals surface area contributed by atoms with E-state index in [9.17, 15) is 18.9 Å². The minimum absolute atomic E-state index is 0.0307. The largest absolute Gasteiger partial charge is 0.485 e. The Kier molecular flexibility index (Phi) is 2.99. The van der Waals surface area contributed by atoms with Crippen LogP contribution in [0.1, 0.15) is 25.7 Å². The molecule has 0 aromatic heterocycles. The maximum absolute atomic E-state index is 11.4. The second-order valence-electron chi connectivity index (χ2n) is 4.60. The lowest BCUT2D eigenvalue weighted by molar-refractivity contribution is -0.186. The predicted octanol–water partition coefficient (Wildman–Crippen LogP) is 0.366. The molecule has 2 aliphatic heterocycles. The summed E-state index contributed by atoms with van der Waals surface area (Å²) < 4.78 is 36.4. The molecule has 18 heavy (non-hydrogen) atoms. The van der Waals surface area contributed by atoms with Gasteiger partial charge >= 0.3 is 21.7 Å². The molecule has 4 atom stereocenters. The van der Waals surface area contributed by atoms with Crippen molar-refractivity contribution in [2.24, 2.45) is 0 Å². The number of rotatable bonds is 0. The molecule has 2 unspecified atom stereocenters. The standard InChI is InChI=1S/C7H14N2O7P2/c10-17(11)14-7(15-18(12,13)16-17)8-5-3-1-2-4-6(5)9-7/h5-6,8-9H,1-4H2,(H,10,11)(H,12,13)/t5-,6-/m0/s1. The molecule has 9 nitrogen and oxygen atoms in total. The lowest BCUT2D eigenvalue weighted by Gasteiger charge is -2.36. The topological polar surface area (TPSA) is 126 Å². The van der Waals surface area contributed by atoms with Gasteiger partial charge in [-0.2, -0.15) is 4.31 Å². The first-order chi connectivity index (χ1) is 8.29. The zero-order valence-electron chi connectivity index (χ0n) is 9.31. The monoisotopic (exact) mass is 300 g/mol. The number of nitrogens with one attached hydrogen (secondary N) is 2. The van der Waals surface area contributed by atoms with Gasteiger partial charge in [-0.15, -0.1) is 0 Å². The number of hydrogen-bond donors (Lipinski definition) is 4. The number of hydrogen-bond acceptors (Lipinski definition) is 7. The lowest BCUT2D eigenvalue weighted by Crippen LogP contribution is -2.55. The molecule has 2 saturated heterocycles. The highest BCUT2D eigenvalue weighted by atomic mass is 31.3. The van der Waals surface area contributed by atoms with Crippen molar-refractivity contribution in [3.63, 3.8) is 0 Å². The lowest BCUT2D eigenvalue weighted by atomic mass is 9.92.